The second kappa shape index (κ2) is 6.52. The molecule has 1 aromatic carbocycles. The van der Waals surface area contributed by atoms with Crippen LogP contribution in [0.25, 0.3) is 0 Å². The largest absolute Gasteiger partial charge is 0.455 e. The minimum atomic E-state index is -0.296. The summed E-state index contributed by atoms with van der Waals surface area (Å²) in [6.07, 6.45) is -0.404. The Morgan fingerprint density at radius 1 is 1.26 bits per heavy atom. The van der Waals surface area contributed by atoms with Crippen molar-refractivity contribution in [2.24, 2.45) is 5.73 Å². The molecule has 0 aliphatic carbocycles. The molecule has 1 aliphatic heterocycles. The number of ether oxygens (including phenoxy) is 1. The predicted octanol–water partition coefficient (Wildman–Crippen LogP) is 2.48. The van der Waals surface area contributed by atoms with Gasteiger partial charge in [-0.1, -0.05) is 12.1 Å². The highest BCUT2D eigenvalue weighted by Crippen LogP contribution is 2.26. The van der Waals surface area contributed by atoms with Crippen LogP contribution in [0.4, 0.5) is 4.39 Å². The molecular weight excluding hydrogens is 299 g/mol. The van der Waals surface area contributed by atoms with E-state index in [1.54, 1.807) is 29.2 Å². The molecule has 2 aromatic rings. The summed E-state index contributed by atoms with van der Waals surface area (Å²) in [7, 11) is 0. The van der Waals surface area contributed by atoms with Crippen molar-refractivity contribution >= 4 is 5.91 Å². The number of furan rings is 1. The van der Waals surface area contributed by atoms with E-state index in [1.807, 2.05) is 6.92 Å². The maximum atomic E-state index is 13.1. The number of halogens is 1. The maximum absolute atomic E-state index is 13.1. The summed E-state index contributed by atoms with van der Waals surface area (Å²) in [4.78, 5) is 14.3. The fraction of sp³-hybridized carbons (Fsp3) is 0.353. The number of morpholine rings is 1. The molecule has 0 spiro atoms. The molecule has 1 fully saturated rings. The SMILES string of the molecule is C[C@H]1CN(C(=O)c2ccc(CN)o2)C[C@@H](c2ccc(F)cc2)O1. The molecule has 0 unspecified atom stereocenters. The van der Waals surface area contributed by atoms with E-state index in [-0.39, 0.29) is 36.2 Å². The highest BCUT2D eigenvalue weighted by Gasteiger charge is 2.31. The maximum Gasteiger partial charge on any atom is 0.289 e. The van der Waals surface area contributed by atoms with Gasteiger partial charge in [0, 0.05) is 6.54 Å². The molecule has 0 radical (unpaired) electrons. The molecule has 6 heteroatoms. The van der Waals surface area contributed by atoms with E-state index in [9.17, 15) is 9.18 Å². The number of rotatable bonds is 3. The van der Waals surface area contributed by atoms with Crippen molar-refractivity contribution in [3.8, 4) is 0 Å². The molecule has 1 aromatic heterocycles. The fourth-order valence-corrected chi connectivity index (χ4v) is 2.74. The average molecular weight is 318 g/mol. The first-order valence-corrected chi connectivity index (χ1v) is 7.56. The lowest BCUT2D eigenvalue weighted by molar-refractivity contribution is -0.0697. The van der Waals surface area contributed by atoms with Crippen LogP contribution in [-0.4, -0.2) is 30.0 Å². The lowest BCUT2D eigenvalue weighted by Gasteiger charge is -2.36. The highest BCUT2D eigenvalue weighted by atomic mass is 19.1. The van der Waals surface area contributed by atoms with Gasteiger partial charge in [0.25, 0.3) is 5.91 Å². The number of hydrogen-bond donors (Lipinski definition) is 1. The Balaban J connectivity index is 1.77. The van der Waals surface area contributed by atoms with Gasteiger partial charge in [0.15, 0.2) is 5.76 Å². The van der Waals surface area contributed by atoms with Gasteiger partial charge in [-0.15, -0.1) is 0 Å². The molecule has 2 N–H and O–H groups in total. The molecule has 122 valence electrons. The highest BCUT2D eigenvalue weighted by molar-refractivity contribution is 5.91. The molecule has 1 aliphatic rings. The number of nitrogens with two attached hydrogens (primary N) is 1. The van der Waals surface area contributed by atoms with Gasteiger partial charge in [-0.3, -0.25) is 4.79 Å². The van der Waals surface area contributed by atoms with Gasteiger partial charge in [0.2, 0.25) is 0 Å². The molecule has 2 atom stereocenters. The van der Waals surface area contributed by atoms with Crippen LogP contribution in [0, 0.1) is 5.82 Å². The van der Waals surface area contributed by atoms with E-state index in [2.05, 4.69) is 0 Å². The monoisotopic (exact) mass is 318 g/mol. The molecule has 1 amide bonds. The third-order valence-corrected chi connectivity index (χ3v) is 3.86. The summed E-state index contributed by atoms with van der Waals surface area (Å²) in [6.45, 7) is 3.04. The summed E-state index contributed by atoms with van der Waals surface area (Å²) in [5.41, 5.74) is 6.35. The average Bonchev–Trinajstić information content (AvgIpc) is 3.03. The van der Waals surface area contributed by atoms with Crippen LogP contribution in [0.3, 0.4) is 0 Å². The van der Waals surface area contributed by atoms with Gasteiger partial charge >= 0.3 is 0 Å². The summed E-state index contributed by atoms with van der Waals surface area (Å²) in [6, 6.07) is 9.49. The van der Waals surface area contributed by atoms with Gasteiger partial charge < -0.3 is 19.8 Å². The smallest absolute Gasteiger partial charge is 0.289 e. The predicted molar refractivity (Wildman–Crippen MR) is 82.2 cm³/mol. The topological polar surface area (TPSA) is 68.7 Å². The normalized spacial score (nSPS) is 21.4. The Morgan fingerprint density at radius 3 is 2.65 bits per heavy atom. The van der Waals surface area contributed by atoms with Crippen molar-refractivity contribution in [3.63, 3.8) is 0 Å². The van der Waals surface area contributed by atoms with Crippen molar-refractivity contribution in [2.75, 3.05) is 13.1 Å². The molecule has 0 saturated carbocycles. The number of amides is 1. The molecular formula is C17H19FN2O3. The third kappa shape index (κ3) is 3.43. The van der Waals surface area contributed by atoms with Crippen LogP contribution in [0.15, 0.2) is 40.8 Å². The molecule has 1 saturated heterocycles. The van der Waals surface area contributed by atoms with E-state index in [1.165, 1.54) is 12.1 Å². The number of carbonyl (C=O) groups is 1. The standard InChI is InChI=1S/C17H19FN2O3/c1-11-9-20(17(21)15-7-6-14(8-19)23-15)10-16(22-11)12-2-4-13(18)5-3-12/h2-7,11,16H,8-10,19H2,1H3/t11-,16-/m0/s1. The quantitative estimate of drug-likeness (QED) is 0.944. The number of hydrogen-bond acceptors (Lipinski definition) is 4. The van der Waals surface area contributed by atoms with E-state index in [4.69, 9.17) is 14.9 Å². The first-order valence-electron chi connectivity index (χ1n) is 7.56. The summed E-state index contributed by atoms with van der Waals surface area (Å²) < 4.78 is 24.4. The van der Waals surface area contributed by atoms with Gasteiger partial charge in [0.05, 0.1) is 19.2 Å². The van der Waals surface area contributed by atoms with E-state index >= 15 is 0 Å². The number of carbonyl (C=O) groups excluding carboxylic acids is 1. The fourth-order valence-electron chi connectivity index (χ4n) is 2.74. The van der Waals surface area contributed by atoms with Crippen LogP contribution in [0.2, 0.25) is 0 Å². The van der Waals surface area contributed by atoms with Crippen LogP contribution < -0.4 is 5.73 Å². The van der Waals surface area contributed by atoms with Gasteiger partial charge in [-0.25, -0.2) is 4.39 Å². The zero-order chi connectivity index (χ0) is 16.4. The van der Waals surface area contributed by atoms with Crippen LogP contribution >= 0.6 is 0 Å². The zero-order valence-corrected chi connectivity index (χ0v) is 12.9. The Kier molecular flexibility index (Phi) is 4.45. The van der Waals surface area contributed by atoms with Crippen LogP contribution in [0.1, 0.15) is 34.9 Å². The summed E-state index contributed by atoms with van der Waals surface area (Å²) in [5.74, 6) is 0.365. The molecule has 3 rings (SSSR count). The van der Waals surface area contributed by atoms with Crippen molar-refractivity contribution in [1.29, 1.82) is 0 Å². The minimum absolute atomic E-state index is 0.119. The Hall–Kier alpha value is -2.18. The number of nitrogens with zero attached hydrogens (tertiary/aromatic N) is 1. The molecule has 23 heavy (non-hydrogen) atoms. The summed E-state index contributed by atoms with van der Waals surface area (Å²) in [5, 5.41) is 0. The Labute approximate surface area is 133 Å². The van der Waals surface area contributed by atoms with Crippen LogP contribution in [0.5, 0.6) is 0 Å². The van der Waals surface area contributed by atoms with Gasteiger partial charge in [-0.05, 0) is 36.8 Å². The molecule has 5 nitrogen and oxygen atoms in total. The first-order chi connectivity index (χ1) is 11.1. The van der Waals surface area contributed by atoms with Gasteiger partial charge in [0.1, 0.15) is 17.7 Å². The molecule has 2 heterocycles. The van der Waals surface area contributed by atoms with E-state index < -0.39 is 0 Å². The van der Waals surface area contributed by atoms with E-state index in [0.717, 1.165) is 5.56 Å². The number of benzene rings is 1. The summed E-state index contributed by atoms with van der Waals surface area (Å²) >= 11 is 0. The Bertz CT molecular complexity index is 683. The first kappa shape index (κ1) is 15.7. The van der Waals surface area contributed by atoms with E-state index in [0.29, 0.717) is 18.8 Å². The lowest BCUT2D eigenvalue weighted by atomic mass is 10.1. The Morgan fingerprint density at radius 2 is 2.00 bits per heavy atom. The van der Waals surface area contributed by atoms with Crippen LogP contribution in [-0.2, 0) is 11.3 Å². The van der Waals surface area contributed by atoms with Crippen molar-refractivity contribution in [1.82, 2.24) is 4.90 Å². The second-order valence-corrected chi connectivity index (χ2v) is 5.67. The third-order valence-electron chi connectivity index (χ3n) is 3.86. The lowest BCUT2D eigenvalue weighted by Crippen LogP contribution is -2.45. The minimum Gasteiger partial charge on any atom is -0.455 e. The van der Waals surface area contributed by atoms with Gasteiger partial charge in [-0.2, -0.15) is 0 Å². The zero-order valence-electron chi connectivity index (χ0n) is 12.9. The van der Waals surface area contributed by atoms with Crippen molar-refractivity contribution < 1.29 is 18.3 Å². The molecule has 0 bridgehead atoms. The van der Waals surface area contributed by atoms with Crippen molar-refractivity contribution in [3.05, 3.63) is 59.3 Å². The van der Waals surface area contributed by atoms with Crippen molar-refractivity contribution in [2.45, 2.75) is 25.7 Å². The second-order valence-electron chi connectivity index (χ2n) is 5.67.